The number of thiophene rings is 1. The Balaban J connectivity index is 2.25. The molecule has 1 aromatic carbocycles. The van der Waals surface area contributed by atoms with E-state index < -0.39 is 12.0 Å². The smallest absolute Gasteiger partial charge is 0.326 e. The Morgan fingerprint density at radius 3 is 2.64 bits per heavy atom. The van der Waals surface area contributed by atoms with Gasteiger partial charge in [-0.15, -0.1) is 11.3 Å². The molecule has 6 heteroatoms. The number of aromatic nitrogens is 2. The van der Waals surface area contributed by atoms with Crippen LogP contribution in [0.15, 0.2) is 40.8 Å². The van der Waals surface area contributed by atoms with Gasteiger partial charge in [-0.05, 0) is 19.4 Å². The SMILES string of the molecule is Cc1ccc(-c2csc3ncn([C@H](C)C(=O)O)c(=O)c23)cc1. The molecule has 0 bridgehead atoms. The number of rotatable bonds is 3. The van der Waals surface area contributed by atoms with Gasteiger partial charge in [0.15, 0.2) is 0 Å². The van der Waals surface area contributed by atoms with Gasteiger partial charge in [-0.1, -0.05) is 29.8 Å². The molecule has 2 aromatic heterocycles. The molecule has 22 heavy (non-hydrogen) atoms. The molecule has 5 nitrogen and oxygen atoms in total. The zero-order valence-electron chi connectivity index (χ0n) is 12.1. The standard InChI is InChI=1S/C16H14N2O3S/c1-9-3-5-11(6-4-9)12-7-22-14-13(12)15(19)18(8-17-14)10(2)16(20)21/h3-8,10H,1-2H3,(H,20,21)/t10-/m1/s1. The number of aryl methyl sites for hydroxylation is 1. The van der Waals surface area contributed by atoms with Gasteiger partial charge in [-0.2, -0.15) is 0 Å². The van der Waals surface area contributed by atoms with E-state index in [0.29, 0.717) is 10.2 Å². The Kier molecular flexibility index (Phi) is 3.54. The van der Waals surface area contributed by atoms with E-state index in [1.165, 1.54) is 24.6 Å². The van der Waals surface area contributed by atoms with Crippen molar-refractivity contribution in [2.75, 3.05) is 0 Å². The third-order valence-electron chi connectivity index (χ3n) is 3.66. The average Bonchev–Trinajstić information content (AvgIpc) is 2.92. The van der Waals surface area contributed by atoms with Gasteiger partial charge < -0.3 is 5.11 Å². The molecule has 0 aliphatic carbocycles. The zero-order chi connectivity index (χ0) is 15.9. The van der Waals surface area contributed by atoms with E-state index in [-0.39, 0.29) is 5.56 Å². The van der Waals surface area contributed by atoms with Crippen LogP contribution in [0.4, 0.5) is 0 Å². The zero-order valence-corrected chi connectivity index (χ0v) is 12.9. The number of benzene rings is 1. The molecule has 0 fully saturated rings. The fraction of sp³-hybridized carbons (Fsp3) is 0.188. The predicted molar refractivity (Wildman–Crippen MR) is 86.4 cm³/mol. The Morgan fingerprint density at radius 2 is 2.00 bits per heavy atom. The Morgan fingerprint density at radius 1 is 1.32 bits per heavy atom. The second kappa shape index (κ2) is 5.38. The van der Waals surface area contributed by atoms with Crippen LogP contribution in [0.25, 0.3) is 21.3 Å². The van der Waals surface area contributed by atoms with Crippen LogP contribution in [-0.2, 0) is 4.79 Å². The predicted octanol–water partition coefficient (Wildman–Crippen LogP) is 3.08. The molecule has 0 aliphatic rings. The molecule has 3 aromatic rings. The van der Waals surface area contributed by atoms with Crippen molar-refractivity contribution in [3.8, 4) is 11.1 Å². The molecule has 1 atom stereocenters. The van der Waals surface area contributed by atoms with Gasteiger partial charge in [-0.25, -0.2) is 9.78 Å². The van der Waals surface area contributed by atoms with Crippen LogP contribution in [0.5, 0.6) is 0 Å². The first-order valence-electron chi connectivity index (χ1n) is 6.77. The van der Waals surface area contributed by atoms with Crippen LogP contribution in [0, 0.1) is 6.92 Å². The minimum Gasteiger partial charge on any atom is -0.480 e. The van der Waals surface area contributed by atoms with Crippen LogP contribution in [-0.4, -0.2) is 20.6 Å². The van der Waals surface area contributed by atoms with Crippen LogP contribution < -0.4 is 5.56 Å². The van der Waals surface area contributed by atoms with E-state index in [4.69, 9.17) is 5.11 Å². The van der Waals surface area contributed by atoms with Crippen LogP contribution in [0.3, 0.4) is 0 Å². The van der Waals surface area contributed by atoms with E-state index in [0.717, 1.165) is 21.3 Å². The van der Waals surface area contributed by atoms with Crippen LogP contribution >= 0.6 is 11.3 Å². The Hall–Kier alpha value is -2.47. The molecule has 112 valence electrons. The van der Waals surface area contributed by atoms with Crippen molar-refractivity contribution in [2.24, 2.45) is 0 Å². The second-order valence-corrected chi connectivity index (χ2v) is 6.02. The summed E-state index contributed by atoms with van der Waals surface area (Å²) in [5.41, 5.74) is 2.54. The number of hydrogen-bond donors (Lipinski definition) is 1. The van der Waals surface area contributed by atoms with Crippen molar-refractivity contribution in [3.05, 3.63) is 51.9 Å². The van der Waals surface area contributed by atoms with E-state index in [1.807, 2.05) is 36.6 Å². The maximum Gasteiger partial charge on any atom is 0.326 e. The highest BCUT2D eigenvalue weighted by molar-refractivity contribution is 7.17. The van der Waals surface area contributed by atoms with Gasteiger partial charge in [0.2, 0.25) is 0 Å². The first kappa shape index (κ1) is 14.5. The number of hydrogen-bond acceptors (Lipinski definition) is 4. The maximum atomic E-state index is 12.7. The maximum absolute atomic E-state index is 12.7. The summed E-state index contributed by atoms with van der Waals surface area (Å²) >= 11 is 1.38. The third kappa shape index (κ3) is 2.31. The molecule has 0 amide bonds. The topological polar surface area (TPSA) is 72.2 Å². The number of carboxylic acid groups (broad SMARTS) is 1. The van der Waals surface area contributed by atoms with Gasteiger partial charge in [0.05, 0.1) is 11.7 Å². The van der Waals surface area contributed by atoms with Gasteiger partial charge in [0.25, 0.3) is 5.56 Å². The van der Waals surface area contributed by atoms with Gasteiger partial charge in [-0.3, -0.25) is 9.36 Å². The van der Waals surface area contributed by atoms with E-state index in [9.17, 15) is 9.59 Å². The number of aliphatic carboxylic acids is 1. The Bertz CT molecular complexity index is 909. The monoisotopic (exact) mass is 314 g/mol. The molecular formula is C16H14N2O3S. The number of fused-ring (bicyclic) bond motifs is 1. The van der Waals surface area contributed by atoms with Crippen molar-refractivity contribution >= 4 is 27.5 Å². The lowest BCUT2D eigenvalue weighted by Gasteiger charge is -2.10. The summed E-state index contributed by atoms with van der Waals surface area (Å²) in [4.78, 5) is 28.6. The number of carboxylic acids is 1. The molecule has 0 radical (unpaired) electrons. The van der Waals surface area contributed by atoms with Crippen molar-refractivity contribution in [1.82, 2.24) is 9.55 Å². The minimum atomic E-state index is -1.06. The first-order valence-corrected chi connectivity index (χ1v) is 7.65. The highest BCUT2D eigenvalue weighted by Gasteiger charge is 2.19. The van der Waals surface area contributed by atoms with Gasteiger partial charge in [0, 0.05) is 10.9 Å². The Labute approximate surface area is 130 Å². The fourth-order valence-corrected chi connectivity index (χ4v) is 3.19. The molecule has 2 heterocycles. The number of nitrogens with zero attached hydrogens (tertiary/aromatic N) is 2. The summed E-state index contributed by atoms with van der Waals surface area (Å²) < 4.78 is 1.16. The van der Waals surface area contributed by atoms with Crippen molar-refractivity contribution in [3.63, 3.8) is 0 Å². The average molecular weight is 314 g/mol. The summed E-state index contributed by atoms with van der Waals surface area (Å²) in [6, 6.07) is 6.92. The highest BCUT2D eigenvalue weighted by Crippen LogP contribution is 2.30. The largest absolute Gasteiger partial charge is 0.480 e. The molecular weight excluding hydrogens is 300 g/mol. The van der Waals surface area contributed by atoms with Crippen LogP contribution in [0.2, 0.25) is 0 Å². The quantitative estimate of drug-likeness (QED) is 0.806. The van der Waals surface area contributed by atoms with Crippen molar-refractivity contribution in [1.29, 1.82) is 0 Å². The third-order valence-corrected chi connectivity index (χ3v) is 4.54. The second-order valence-electron chi connectivity index (χ2n) is 5.17. The fourth-order valence-electron chi connectivity index (χ4n) is 2.29. The summed E-state index contributed by atoms with van der Waals surface area (Å²) in [6.07, 6.45) is 1.30. The number of carbonyl (C=O) groups is 1. The lowest BCUT2D eigenvalue weighted by atomic mass is 10.1. The molecule has 0 unspecified atom stereocenters. The molecule has 0 spiro atoms. The first-order chi connectivity index (χ1) is 10.5. The van der Waals surface area contributed by atoms with Crippen LogP contribution in [0.1, 0.15) is 18.5 Å². The summed E-state index contributed by atoms with van der Waals surface area (Å²) in [5.74, 6) is -1.06. The normalized spacial score (nSPS) is 12.5. The lowest BCUT2D eigenvalue weighted by molar-refractivity contribution is -0.140. The lowest BCUT2D eigenvalue weighted by Crippen LogP contribution is -2.28. The summed E-state index contributed by atoms with van der Waals surface area (Å²) in [5, 5.41) is 11.5. The van der Waals surface area contributed by atoms with E-state index in [2.05, 4.69) is 4.98 Å². The van der Waals surface area contributed by atoms with E-state index >= 15 is 0 Å². The summed E-state index contributed by atoms with van der Waals surface area (Å²) in [6.45, 7) is 3.47. The molecule has 1 N–H and O–H groups in total. The molecule has 0 saturated heterocycles. The van der Waals surface area contributed by atoms with Gasteiger partial charge >= 0.3 is 5.97 Å². The molecule has 0 aliphatic heterocycles. The minimum absolute atomic E-state index is 0.322. The van der Waals surface area contributed by atoms with E-state index in [1.54, 1.807) is 0 Å². The summed E-state index contributed by atoms with van der Waals surface area (Å²) in [7, 11) is 0. The van der Waals surface area contributed by atoms with Gasteiger partial charge in [0.1, 0.15) is 10.9 Å². The highest BCUT2D eigenvalue weighted by atomic mass is 32.1. The molecule has 3 rings (SSSR count). The molecule has 0 saturated carbocycles. The van der Waals surface area contributed by atoms with Crippen molar-refractivity contribution in [2.45, 2.75) is 19.9 Å². The van der Waals surface area contributed by atoms with Crippen molar-refractivity contribution < 1.29 is 9.90 Å².